The van der Waals surface area contributed by atoms with E-state index in [1.54, 1.807) is 32.1 Å². The first-order valence-corrected chi connectivity index (χ1v) is 5.15. The fourth-order valence-electron chi connectivity index (χ4n) is 1.57. The Morgan fingerprint density at radius 1 is 1.29 bits per heavy atom. The van der Waals surface area contributed by atoms with Crippen LogP contribution >= 0.6 is 0 Å². The van der Waals surface area contributed by atoms with Crippen LogP contribution in [0.5, 0.6) is 5.75 Å². The van der Waals surface area contributed by atoms with E-state index in [2.05, 4.69) is 4.74 Å². The average Bonchev–Trinajstić information content (AvgIpc) is 2.20. The summed E-state index contributed by atoms with van der Waals surface area (Å²) in [7, 11) is 0. The van der Waals surface area contributed by atoms with Crippen LogP contribution < -0.4 is 4.74 Å². The average molecular weight is 240 g/mol. The van der Waals surface area contributed by atoms with Crippen LogP contribution in [0.25, 0.3) is 6.08 Å². The molecule has 0 saturated heterocycles. The lowest BCUT2D eigenvalue weighted by Gasteiger charge is -2.11. The van der Waals surface area contributed by atoms with Crippen molar-refractivity contribution in [1.29, 1.82) is 0 Å². The van der Waals surface area contributed by atoms with E-state index in [9.17, 15) is 13.6 Å². The lowest BCUT2D eigenvalue weighted by molar-refractivity contribution is -0.112. The standard InChI is InChI=1S/C13H14F2O2/c1-8-6-11(5-4-10(3)16)7-9(2)12(8)17-13(14)15/h4-7,13H,1-3H3. The number of carbonyl (C=O) groups excluding carboxylic acids is 1. The van der Waals surface area contributed by atoms with Crippen molar-refractivity contribution in [1.82, 2.24) is 0 Å². The molecule has 0 spiro atoms. The van der Waals surface area contributed by atoms with E-state index < -0.39 is 6.61 Å². The SMILES string of the molecule is CC(=O)C=Cc1cc(C)c(OC(F)F)c(C)c1. The van der Waals surface area contributed by atoms with Crippen LogP contribution in [0.3, 0.4) is 0 Å². The van der Waals surface area contributed by atoms with Gasteiger partial charge in [0.05, 0.1) is 0 Å². The normalized spacial score (nSPS) is 11.2. The van der Waals surface area contributed by atoms with Crippen molar-refractivity contribution in [3.63, 3.8) is 0 Å². The van der Waals surface area contributed by atoms with Crippen LogP contribution in [0.1, 0.15) is 23.6 Å². The Hall–Kier alpha value is -1.71. The Bertz CT molecular complexity index is 428. The smallest absolute Gasteiger partial charge is 0.387 e. The maximum absolute atomic E-state index is 12.2. The summed E-state index contributed by atoms with van der Waals surface area (Å²) in [6.45, 7) is 2.00. The van der Waals surface area contributed by atoms with E-state index in [4.69, 9.17) is 0 Å². The molecule has 0 aromatic heterocycles. The van der Waals surface area contributed by atoms with Gasteiger partial charge in [0, 0.05) is 0 Å². The Kier molecular flexibility index (Phi) is 4.37. The zero-order valence-electron chi connectivity index (χ0n) is 9.96. The van der Waals surface area contributed by atoms with E-state index in [0.29, 0.717) is 11.1 Å². The van der Waals surface area contributed by atoms with Gasteiger partial charge in [0.2, 0.25) is 0 Å². The molecule has 0 N–H and O–H groups in total. The van der Waals surface area contributed by atoms with Gasteiger partial charge in [-0.05, 0) is 55.7 Å². The molecule has 0 fully saturated rings. The van der Waals surface area contributed by atoms with Crippen LogP contribution in [0.15, 0.2) is 18.2 Å². The summed E-state index contributed by atoms with van der Waals surface area (Å²) < 4.78 is 28.7. The van der Waals surface area contributed by atoms with Crippen molar-refractivity contribution in [2.45, 2.75) is 27.4 Å². The molecule has 0 amide bonds. The number of aryl methyl sites for hydroxylation is 2. The number of rotatable bonds is 4. The molecule has 1 rings (SSSR count). The number of allylic oxidation sites excluding steroid dienone is 1. The van der Waals surface area contributed by atoms with Gasteiger partial charge >= 0.3 is 6.61 Å². The fourth-order valence-corrected chi connectivity index (χ4v) is 1.57. The molecule has 0 radical (unpaired) electrons. The molecule has 92 valence electrons. The van der Waals surface area contributed by atoms with Crippen molar-refractivity contribution in [3.05, 3.63) is 34.9 Å². The van der Waals surface area contributed by atoms with Gasteiger partial charge in [0.25, 0.3) is 0 Å². The second-order valence-corrected chi connectivity index (χ2v) is 3.81. The number of hydrogen-bond donors (Lipinski definition) is 0. The molecule has 0 aliphatic heterocycles. The number of alkyl halides is 2. The highest BCUT2D eigenvalue weighted by molar-refractivity contribution is 5.91. The number of ketones is 1. The highest BCUT2D eigenvalue weighted by Gasteiger charge is 2.10. The van der Waals surface area contributed by atoms with Crippen molar-refractivity contribution in [3.8, 4) is 5.75 Å². The van der Waals surface area contributed by atoms with E-state index in [1.807, 2.05) is 0 Å². The Balaban J connectivity index is 3.05. The summed E-state index contributed by atoms with van der Waals surface area (Å²) in [4.78, 5) is 10.8. The molecule has 0 aliphatic carbocycles. The van der Waals surface area contributed by atoms with Crippen LogP contribution in [-0.4, -0.2) is 12.4 Å². The van der Waals surface area contributed by atoms with E-state index >= 15 is 0 Å². The first-order valence-electron chi connectivity index (χ1n) is 5.15. The van der Waals surface area contributed by atoms with E-state index in [-0.39, 0.29) is 11.5 Å². The number of carbonyl (C=O) groups is 1. The second kappa shape index (κ2) is 5.57. The molecule has 1 aromatic carbocycles. The molecule has 4 heteroatoms. The molecule has 0 atom stereocenters. The first-order chi connectivity index (χ1) is 7.90. The highest BCUT2D eigenvalue weighted by Crippen LogP contribution is 2.26. The largest absolute Gasteiger partial charge is 0.434 e. The summed E-state index contributed by atoms with van der Waals surface area (Å²) in [5, 5.41) is 0. The minimum Gasteiger partial charge on any atom is -0.434 e. The van der Waals surface area contributed by atoms with E-state index in [0.717, 1.165) is 5.56 Å². The van der Waals surface area contributed by atoms with Gasteiger partial charge in [-0.1, -0.05) is 6.08 Å². The van der Waals surface area contributed by atoms with Gasteiger partial charge in [0.1, 0.15) is 5.75 Å². The minimum atomic E-state index is -2.83. The lowest BCUT2D eigenvalue weighted by atomic mass is 10.1. The van der Waals surface area contributed by atoms with Crippen LogP contribution in [0, 0.1) is 13.8 Å². The van der Waals surface area contributed by atoms with Crippen molar-refractivity contribution in [2.75, 3.05) is 0 Å². The molecule has 0 bridgehead atoms. The maximum Gasteiger partial charge on any atom is 0.387 e. The summed E-state index contributed by atoms with van der Waals surface area (Å²) >= 11 is 0. The van der Waals surface area contributed by atoms with Crippen molar-refractivity contribution >= 4 is 11.9 Å². The summed E-state index contributed by atoms with van der Waals surface area (Å²) in [6, 6.07) is 3.40. The van der Waals surface area contributed by atoms with Crippen LogP contribution in [-0.2, 0) is 4.79 Å². The van der Waals surface area contributed by atoms with Gasteiger partial charge < -0.3 is 4.74 Å². The lowest BCUT2D eigenvalue weighted by Crippen LogP contribution is -2.05. The molecule has 1 aromatic rings. The number of hydrogen-bond acceptors (Lipinski definition) is 2. The third kappa shape index (κ3) is 3.98. The Morgan fingerprint density at radius 2 is 1.82 bits per heavy atom. The van der Waals surface area contributed by atoms with Crippen molar-refractivity contribution < 1.29 is 18.3 Å². The van der Waals surface area contributed by atoms with Gasteiger partial charge in [-0.15, -0.1) is 0 Å². The molecule has 0 saturated carbocycles. The summed E-state index contributed by atoms with van der Waals surface area (Å²) in [5.41, 5.74) is 2.03. The zero-order valence-corrected chi connectivity index (χ0v) is 9.96. The quantitative estimate of drug-likeness (QED) is 0.753. The highest BCUT2D eigenvalue weighted by atomic mass is 19.3. The third-order valence-corrected chi connectivity index (χ3v) is 2.20. The van der Waals surface area contributed by atoms with Gasteiger partial charge in [-0.3, -0.25) is 4.79 Å². The molecule has 0 aliphatic rings. The topological polar surface area (TPSA) is 26.3 Å². The number of benzene rings is 1. The minimum absolute atomic E-state index is 0.0618. The zero-order chi connectivity index (χ0) is 13.0. The Labute approximate surface area is 98.9 Å². The van der Waals surface area contributed by atoms with Gasteiger partial charge in [-0.25, -0.2) is 0 Å². The molecule has 0 heterocycles. The number of halogens is 2. The van der Waals surface area contributed by atoms with Crippen LogP contribution in [0.4, 0.5) is 8.78 Å². The van der Waals surface area contributed by atoms with Crippen molar-refractivity contribution in [2.24, 2.45) is 0 Å². The second-order valence-electron chi connectivity index (χ2n) is 3.81. The monoisotopic (exact) mass is 240 g/mol. The maximum atomic E-state index is 12.2. The third-order valence-electron chi connectivity index (χ3n) is 2.20. The Morgan fingerprint density at radius 3 is 2.24 bits per heavy atom. The summed E-state index contributed by atoms with van der Waals surface area (Å²) in [5.74, 6) is 0.133. The van der Waals surface area contributed by atoms with Gasteiger partial charge in [0.15, 0.2) is 5.78 Å². The predicted octanol–water partition coefficient (Wildman–Crippen LogP) is 3.51. The van der Waals surface area contributed by atoms with E-state index in [1.165, 1.54) is 13.0 Å². The summed E-state index contributed by atoms with van der Waals surface area (Å²) in [6.07, 6.45) is 3.08. The molecule has 2 nitrogen and oxygen atoms in total. The molecule has 0 unspecified atom stereocenters. The van der Waals surface area contributed by atoms with Gasteiger partial charge in [-0.2, -0.15) is 8.78 Å². The van der Waals surface area contributed by atoms with Crippen LogP contribution in [0.2, 0.25) is 0 Å². The molecule has 17 heavy (non-hydrogen) atoms. The number of ether oxygens (including phenoxy) is 1. The first kappa shape index (κ1) is 13.4. The molecular formula is C13H14F2O2. The predicted molar refractivity (Wildman–Crippen MR) is 62.3 cm³/mol. The fraction of sp³-hybridized carbons (Fsp3) is 0.308. The molecular weight excluding hydrogens is 226 g/mol.